The molecule has 0 spiro atoms. The summed E-state index contributed by atoms with van der Waals surface area (Å²) in [7, 11) is 0. The zero-order chi connectivity index (χ0) is 14.0. The van der Waals surface area contributed by atoms with Crippen molar-refractivity contribution >= 4 is 11.7 Å². The number of hydrogen-bond acceptors (Lipinski definition) is 7. The minimum atomic E-state index is -1.30. The minimum Gasteiger partial charge on any atom is -0.545 e. The third-order valence-corrected chi connectivity index (χ3v) is 2.93. The van der Waals surface area contributed by atoms with Crippen LogP contribution in [0.1, 0.15) is 10.4 Å². The Kier molecular flexibility index (Phi) is 6.41. The number of carbonyl (C=O) groups is 1. The van der Waals surface area contributed by atoms with E-state index in [0.717, 1.165) is 0 Å². The molecular formula is C12H14NNaO6. The van der Waals surface area contributed by atoms with Crippen molar-refractivity contribution in [2.24, 2.45) is 0 Å². The number of hydrogen-bond donors (Lipinski definition) is 4. The average molecular weight is 291 g/mol. The number of rotatable bonds is 3. The van der Waals surface area contributed by atoms with E-state index >= 15 is 0 Å². The summed E-state index contributed by atoms with van der Waals surface area (Å²) in [6.07, 6.45) is -4.60. The standard InChI is InChI=1S/C12H15NO6.Na/c14-8-5-19-11(10(16)9(8)15)13-7-3-1-6(2-4-7)12(17)18;/h1-4,8-11,13-16H,5H2,(H,17,18);/q;+1/p-1/t8-,9+,10-,11?;/m1./s1. The van der Waals surface area contributed by atoms with Gasteiger partial charge in [-0.05, 0) is 17.7 Å². The van der Waals surface area contributed by atoms with Gasteiger partial charge < -0.3 is 35.3 Å². The summed E-state index contributed by atoms with van der Waals surface area (Å²) in [5.74, 6) is -1.28. The number of ether oxygens (including phenoxy) is 1. The van der Waals surface area contributed by atoms with Crippen LogP contribution in [0.2, 0.25) is 0 Å². The van der Waals surface area contributed by atoms with Gasteiger partial charge in [-0.1, -0.05) is 12.1 Å². The molecule has 8 heteroatoms. The summed E-state index contributed by atoms with van der Waals surface area (Å²) in [6, 6.07) is 5.66. The Bertz CT molecular complexity index is 454. The Morgan fingerprint density at radius 2 is 1.80 bits per heavy atom. The molecule has 0 saturated carbocycles. The van der Waals surface area contributed by atoms with E-state index in [0.29, 0.717) is 5.69 Å². The summed E-state index contributed by atoms with van der Waals surface area (Å²) >= 11 is 0. The maximum atomic E-state index is 10.6. The van der Waals surface area contributed by atoms with Crippen LogP contribution in [0.4, 0.5) is 5.69 Å². The molecule has 4 atom stereocenters. The monoisotopic (exact) mass is 291 g/mol. The van der Waals surface area contributed by atoms with E-state index in [1.165, 1.54) is 24.3 Å². The molecule has 1 unspecified atom stereocenters. The Morgan fingerprint density at radius 3 is 2.35 bits per heavy atom. The second-order valence-electron chi connectivity index (χ2n) is 4.31. The number of aliphatic hydroxyl groups is 3. The molecular weight excluding hydrogens is 277 g/mol. The van der Waals surface area contributed by atoms with Crippen molar-refractivity contribution in [2.45, 2.75) is 24.5 Å². The van der Waals surface area contributed by atoms with Gasteiger partial charge in [0.2, 0.25) is 0 Å². The van der Waals surface area contributed by atoms with Gasteiger partial charge >= 0.3 is 29.6 Å². The van der Waals surface area contributed by atoms with Crippen LogP contribution in [0, 0.1) is 0 Å². The molecule has 1 aliphatic heterocycles. The third-order valence-electron chi connectivity index (χ3n) is 2.93. The number of aromatic carboxylic acids is 1. The van der Waals surface area contributed by atoms with Gasteiger partial charge in [-0.3, -0.25) is 0 Å². The molecule has 0 bridgehead atoms. The maximum absolute atomic E-state index is 10.6. The van der Waals surface area contributed by atoms with E-state index in [2.05, 4.69) is 5.32 Å². The second kappa shape index (κ2) is 7.37. The van der Waals surface area contributed by atoms with Gasteiger partial charge in [0, 0.05) is 5.69 Å². The van der Waals surface area contributed by atoms with Crippen molar-refractivity contribution in [1.82, 2.24) is 0 Å². The van der Waals surface area contributed by atoms with E-state index in [9.17, 15) is 25.2 Å². The molecule has 1 heterocycles. The number of carboxylic acids is 1. The van der Waals surface area contributed by atoms with Gasteiger partial charge in [0.25, 0.3) is 0 Å². The van der Waals surface area contributed by atoms with Crippen molar-refractivity contribution in [3.63, 3.8) is 0 Å². The first kappa shape index (κ1) is 17.4. The molecule has 4 N–H and O–H groups in total. The summed E-state index contributed by atoms with van der Waals surface area (Å²) in [5, 5.41) is 41.9. The summed E-state index contributed by atoms with van der Waals surface area (Å²) in [5.41, 5.74) is 0.545. The Morgan fingerprint density at radius 1 is 1.20 bits per heavy atom. The first-order chi connectivity index (χ1) is 8.99. The molecule has 0 radical (unpaired) electrons. The van der Waals surface area contributed by atoms with Gasteiger partial charge in [0.05, 0.1) is 12.6 Å². The Balaban J connectivity index is 0.00000200. The average Bonchev–Trinajstić information content (AvgIpc) is 2.40. The number of benzene rings is 1. The number of nitrogens with one attached hydrogen (secondary N) is 1. The molecule has 1 saturated heterocycles. The SMILES string of the molecule is O=C([O-])c1ccc(NC2OC[C@@H](O)[C@H](O)[C@H]2O)cc1.[Na+]. The van der Waals surface area contributed by atoms with E-state index in [-0.39, 0.29) is 41.7 Å². The third kappa shape index (κ3) is 3.92. The minimum absolute atomic E-state index is 0. The van der Waals surface area contributed by atoms with Crippen molar-refractivity contribution < 1.29 is 59.5 Å². The van der Waals surface area contributed by atoms with Crippen molar-refractivity contribution in [3.05, 3.63) is 29.8 Å². The summed E-state index contributed by atoms with van der Waals surface area (Å²) < 4.78 is 5.15. The van der Waals surface area contributed by atoms with E-state index in [4.69, 9.17) is 4.74 Å². The fourth-order valence-electron chi connectivity index (χ4n) is 1.80. The normalized spacial score (nSPS) is 29.4. The van der Waals surface area contributed by atoms with Gasteiger partial charge in [-0.25, -0.2) is 0 Å². The van der Waals surface area contributed by atoms with Gasteiger partial charge in [-0.2, -0.15) is 0 Å². The molecule has 2 rings (SSSR count). The molecule has 20 heavy (non-hydrogen) atoms. The zero-order valence-electron chi connectivity index (χ0n) is 10.9. The van der Waals surface area contributed by atoms with Crippen molar-refractivity contribution in [1.29, 1.82) is 0 Å². The number of carboxylic acid groups (broad SMARTS) is 1. The molecule has 1 aromatic rings. The zero-order valence-corrected chi connectivity index (χ0v) is 12.9. The second-order valence-corrected chi connectivity index (χ2v) is 4.31. The number of anilines is 1. The predicted molar refractivity (Wildman–Crippen MR) is 62.2 cm³/mol. The summed E-state index contributed by atoms with van der Waals surface area (Å²) in [4.78, 5) is 10.6. The fraction of sp³-hybridized carbons (Fsp3) is 0.417. The van der Waals surface area contributed by atoms with Crippen LogP contribution >= 0.6 is 0 Å². The first-order valence-corrected chi connectivity index (χ1v) is 5.73. The predicted octanol–water partition coefficient (Wildman–Crippen LogP) is -5.09. The van der Waals surface area contributed by atoms with Crippen LogP contribution in [0.25, 0.3) is 0 Å². The molecule has 1 aliphatic rings. The molecule has 0 amide bonds. The molecule has 1 fully saturated rings. The van der Waals surface area contributed by atoms with Crippen LogP contribution < -0.4 is 40.0 Å². The topological polar surface area (TPSA) is 122 Å². The number of carbonyl (C=O) groups excluding carboxylic acids is 1. The molecule has 0 aromatic heterocycles. The van der Waals surface area contributed by atoms with Crippen molar-refractivity contribution in [3.8, 4) is 0 Å². The van der Waals surface area contributed by atoms with Crippen molar-refractivity contribution in [2.75, 3.05) is 11.9 Å². The summed E-state index contributed by atoms with van der Waals surface area (Å²) in [6.45, 7) is -0.104. The van der Waals surface area contributed by atoms with Gasteiger partial charge in [0.1, 0.15) is 18.3 Å². The van der Waals surface area contributed by atoms with Crippen LogP contribution in [0.15, 0.2) is 24.3 Å². The van der Waals surface area contributed by atoms with E-state index in [1.807, 2.05) is 0 Å². The molecule has 1 aromatic carbocycles. The first-order valence-electron chi connectivity index (χ1n) is 5.73. The maximum Gasteiger partial charge on any atom is 1.00 e. The largest absolute Gasteiger partial charge is 1.00 e. The smallest absolute Gasteiger partial charge is 0.545 e. The molecule has 7 nitrogen and oxygen atoms in total. The van der Waals surface area contributed by atoms with Crippen LogP contribution in [0.3, 0.4) is 0 Å². The fourth-order valence-corrected chi connectivity index (χ4v) is 1.80. The number of aliphatic hydroxyl groups excluding tert-OH is 3. The van der Waals surface area contributed by atoms with Crippen LogP contribution in [0.5, 0.6) is 0 Å². The van der Waals surface area contributed by atoms with E-state index < -0.39 is 30.5 Å². The Hall–Kier alpha value is -0.670. The molecule has 104 valence electrons. The van der Waals surface area contributed by atoms with E-state index in [1.54, 1.807) is 0 Å². The Labute approximate surface area is 137 Å². The van der Waals surface area contributed by atoms with Gasteiger partial charge in [0.15, 0.2) is 6.23 Å². The van der Waals surface area contributed by atoms with Gasteiger partial charge in [-0.15, -0.1) is 0 Å². The van der Waals surface area contributed by atoms with Crippen LogP contribution in [-0.2, 0) is 4.74 Å². The molecule has 0 aliphatic carbocycles. The quantitative estimate of drug-likeness (QED) is 0.411. The van der Waals surface area contributed by atoms with Crippen LogP contribution in [-0.4, -0.2) is 52.4 Å².